The molecule has 10 nitrogen and oxygen atoms in total. The fourth-order valence-corrected chi connectivity index (χ4v) is 3.14. The van der Waals surface area contributed by atoms with Crippen LogP contribution in [0.15, 0.2) is 30.6 Å². The second-order valence-corrected chi connectivity index (χ2v) is 6.47. The smallest absolute Gasteiger partial charge is 0.353 e. The third-order valence-electron chi connectivity index (χ3n) is 4.61. The number of aliphatic hydroxyl groups excluding tert-OH is 1. The van der Waals surface area contributed by atoms with Crippen LogP contribution in [0.2, 0.25) is 0 Å². The first-order valence-electron chi connectivity index (χ1n) is 8.95. The largest absolute Gasteiger partial charge is 0.395 e. The van der Waals surface area contributed by atoms with Gasteiger partial charge in [-0.25, -0.2) is 9.97 Å². The van der Waals surface area contributed by atoms with Crippen molar-refractivity contribution >= 4 is 28.8 Å². The number of aromatic nitrogens is 2. The van der Waals surface area contributed by atoms with E-state index in [0.29, 0.717) is 44.0 Å². The Morgan fingerprint density at radius 1 is 1.29 bits per heavy atom. The van der Waals surface area contributed by atoms with Crippen molar-refractivity contribution in [2.45, 2.75) is 6.92 Å². The standard InChI is InChI=1S/C18H22N6O4/c1-13(26)14-3-2-4-15(11-14)21-17-16(24(27)28)18(20-12-19-17)23-7-5-22(6-8-23)9-10-25/h2-4,11-12,25H,5-10H2,1H3,(H,19,20,21). The molecule has 28 heavy (non-hydrogen) atoms. The quantitative estimate of drug-likeness (QED) is 0.413. The Labute approximate surface area is 162 Å². The minimum atomic E-state index is -0.493. The molecular formula is C18H22N6O4. The van der Waals surface area contributed by atoms with Gasteiger partial charge < -0.3 is 15.3 Å². The van der Waals surface area contributed by atoms with Gasteiger partial charge in [0.15, 0.2) is 5.78 Å². The van der Waals surface area contributed by atoms with Crippen LogP contribution in [0.1, 0.15) is 17.3 Å². The third-order valence-corrected chi connectivity index (χ3v) is 4.61. The molecule has 1 aromatic heterocycles. The first-order valence-corrected chi connectivity index (χ1v) is 8.95. The van der Waals surface area contributed by atoms with Gasteiger partial charge in [-0.15, -0.1) is 0 Å². The highest BCUT2D eigenvalue weighted by molar-refractivity contribution is 5.95. The molecule has 0 radical (unpaired) electrons. The zero-order valence-electron chi connectivity index (χ0n) is 15.5. The molecule has 1 fully saturated rings. The van der Waals surface area contributed by atoms with Gasteiger partial charge in [0.05, 0.1) is 11.5 Å². The first-order chi connectivity index (χ1) is 13.5. The van der Waals surface area contributed by atoms with Gasteiger partial charge in [-0.3, -0.25) is 19.8 Å². The molecular weight excluding hydrogens is 364 g/mol. The van der Waals surface area contributed by atoms with E-state index >= 15 is 0 Å². The summed E-state index contributed by atoms with van der Waals surface area (Å²) in [5, 5.41) is 23.8. The summed E-state index contributed by atoms with van der Waals surface area (Å²) in [6.07, 6.45) is 1.29. The lowest BCUT2D eigenvalue weighted by atomic mass is 10.1. The van der Waals surface area contributed by atoms with Crippen molar-refractivity contribution in [2.24, 2.45) is 0 Å². The molecule has 148 valence electrons. The highest BCUT2D eigenvalue weighted by atomic mass is 16.6. The minimum absolute atomic E-state index is 0.0773. The van der Waals surface area contributed by atoms with E-state index < -0.39 is 4.92 Å². The Kier molecular flexibility index (Phi) is 6.12. The molecule has 2 N–H and O–H groups in total. The van der Waals surface area contributed by atoms with E-state index in [2.05, 4.69) is 20.2 Å². The third kappa shape index (κ3) is 4.41. The number of carbonyl (C=O) groups is 1. The zero-order chi connectivity index (χ0) is 20.1. The molecule has 3 rings (SSSR count). The van der Waals surface area contributed by atoms with Crippen LogP contribution in [-0.4, -0.2) is 70.0 Å². The van der Waals surface area contributed by atoms with Crippen LogP contribution < -0.4 is 10.2 Å². The fraction of sp³-hybridized carbons (Fsp3) is 0.389. The predicted molar refractivity (Wildman–Crippen MR) is 104 cm³/mol. The van der Waals surface area contributed by atoms with Crippen LogP contribution in [0.5, 0.6) is 0 Å². The maximum atomic E-state index is 11.8. The summed E-state index contributed by atoms with van der Waals surface area (Å²) in [6.45, 7) is 4.63. The van der Waals surface area contributed by atoms with Gasteiger partial charge in [-0.2, -0.15) is 0 Å². The Morgan fingerprint density at radius 3 is 2.68 bits per heavy atom. The molecule has 2 heterocycles. The van der Waals surface area contributed by atoms with Crippen molar-refractivity contribution in [3.8, 4) is 0 Å². The van der Waals surface area contributed by atoms with Crippen LogP contribution in [0, 0.1) is 10.1 Å². The Balaban J connectivity index is 1.87. The summed E-state index contributed by atoms with van der Waals surface area (Å²) in [7, 11) is 0. The number of nitrogens with zero attached hydrogens (tertiary/aromatic N) is 5. The fourth-order valence-electron chi connectivity index (χ4n) is 3.14. The van der Waals surface area contributed by atoms with Crippen molar-refractivity contribution < 1.29 is 14.8 Å². The van der Waals surface area contributed by atoms with E-state index in [0.717, 1.165) is 0 Å². The number of nitro groups is 1. The zero-order valence-corrected chi connectivity index (χ0v) is 15.5. The average Bonchev–Trinajstić information content (AvgIpc) is 2.68. The molecule has 1 aliphatic rings. The van der Waals surface area contributed by atoms with Crippen LogP contribution >= 0.6 is 0 Å². The normalized spacial score (nSPS) is 14.7. The summed E-state index contributed by atoms with van der Waals surface area (Å²) in [4.78, 5) is 35.0. The monoisotopic (exact) mass is 386 g/mol. The number of hydrogen-bond acceptors (Lipinski definition) is 9. The first kappa shape index (κ1) is 19.6. The number of aliphatic hydroxyl groups is 1. The predicted octanol–water partition coefficient (Wildman–Crippen LogP) is 1.45. The number of β-amino-alcohol motifs (C(OH)–C–C–N with tert-alkyl or cyclic N) is 1. The summed E-state index contributed by atoms with van der Waals surface area (Å²) >= 11 is 0. The minimum Gasteiger partial charge on any atom is -0.395 e. The van der Waals surface area contributed by atoms with Gasteiger partial charge in [-0.1, -0.05) is 12.1 Å². The van der Waals surface area contributed by atoms with Gasteiger partial charge in [0, 0.05) is 44.0 Å². The van der Waals surface area contributed by atoms with E-state index in [1.165, 1.54) is 13.3 Å². The van der Waals surface area contributed by atoms with E-state index in [9.17, 15) is 14.9 Å². The lowest BCUT2D eigenvalue weighted by Gasteiger charge is -2.34. The molecule has 0 atom stereocenters. The molecule has 0 saturated carbocycles. The molecule has 2 aromatic rings. The van der Waals surface area contributed by atoms with Gasteiger partial charge in [-0.05, 0) is 19.1 Å². The molecule has 1 aliphatic heterocycles. The van der Waals surface area contributed by atoms with Crippen molar-refractivity contribution in [1.82, 2.24) is 14.9 Å². The molecule has 0 amide bonds. The second kappa shape index (κ2) is 8.72. The summed E-state index contributed by atoms with van der Waals surface area (Å²) in [6, 6.07) is 6.72. The molecule has 0 aliphatic carbocycles. The number of anilines is 3. The molecule has 1 aromatic carbocycles. The number of ketones is 1. The van der Waals surface area contributed by atoms with Crippen LogP contribution in [0.4, 0.5) is 23.0 Å². The number of piperazine rings is 1. The van der Waals surface area contributed by atoms with Crippen LogP contribution in [0.3, 0.4) is 0 Å². The lowest BCUT2D eigenvalue weighted by molar-refractivity contribution is -0.383. The molecule has 1 saturated heterocycles. The van der Waals surface area contributed by atoms with E-state index in [1.54, 1.807) is 24.3 Å². The SMILES string of the molecule is CC(=O)c1cccc(Nc2ncnc(N3CCN(CCO)CC3)c2[N+](=O)[O-])c1. The Bertz CT molecular complexity index is 867. The van der Waals surface area contributed by atoms with Crippen molar-refractivity contribution in [3.05, 3.63) is 46.3 Å². The van der Waals surface area contributed by atoms with E-state index in [4.69, 9.17) is 5.11 Å². The van der Waals surface area contributed by atoms with Gasteiger partial charge in [0.1, 0.15) is 6.33 Å². The molecule has 0 bridgehead atoms. The summed E-state index contributed by atoms with van der Waals surface area (Å²) in [5.41, 5.74) is 0.835. The van der Waals surface area contributed by atoms with E-state index in [1.807, 2.05) is 4.90 Å². The van der Waals surface area contributed by atoms with Crippen LogP contribution in [0.25, 0.3) is 0 Å². The van der Waals surface area contributed by atoms with Gasteiger partial charge in [0.25, 0.3) is 0 Å². The molecule has 0 unspecified atom stereocenters. The summed E-state index contributed by atoms with van der Waals surface area (Å²) in [5.74, 6) is 0.240. The maximum Gasteiger partial charge on any atom is 0.353 e. The highest BCUT2D eigenvalue weighted by Crippen LogP contribution is 2.34. The number of carbonyl (C=O) groups excluding carboxylic acids is 1. The second-order valence-electron chi connectivity index (χ2n) is 6.47. The van der Waals surface area contributed by atoms with Crippen molar-refractivity contribution in [3.63, 3.8) is 0 Å². The number of benzene rings is 1. The average molecular weight is 386 g/mol. The van der Waals surface area contributed by atoms with Gasteiger partial charge in [0.2, 0.25) is 11.6 Å². The topological polar surface area (TPSA) is 125 Å². The highest BCUT2D eigenvalue weighted by Gasteiger charge is 2.29. The number of hydrogen-bond donors (Lipinski definition) is 2. The number of nitrogens with one attached hydrogen (secondary N) is 1. The number of rotatable bonds is 7. The lowest BCUT2D eigenvalue weighted by Crippen LogP contribution is -2.47. The Hall–Kier alpha value is -3.11. The molecule has 10 heteroatoms. The van der Waals surface area contributed by atoms with Crippen molar-refractivity contribution in [2.75, 3.05) is 49.5 Å². The maximum absolute atomic E-state index is 11.8. The molecule has 0 spiro atoms. The summed E-state index contributed by atoms with van der Waals surface area (Å²) < 4.78 is 0. The van der Waals surface area contributed by atoms with Gasteiger partial charge >= 0.3 is 5.69 Å². The Morgan fingerprint density at radius 2 is 2.04 bits per heavy atom. The number of Topliss-reactive ketones (excluding diaryl/α,β-unsaturated/α-hetero) is 1. The van der Waals surface area contributed by atoms with E-state index in [-0.39, 0.29) is 29.7 Å². The van der Waals surface area contributed by atoms with Crippen LogP contribution in [-0.2, 0) is 0 Å². The van der Waals surface area contributed by atoms with Crippen molar-refractivity contribution in [1.29, 1.82) is 0 Å².